The summed E-state index contributed by atoms with van der Waals surface area (Å²) < 4.78 is 63.7. The zero-order valence-electron chi connectivity index (χ0n) is 9.25. The topological polar surface area (TPSA) is 90.0 Å². The average Bonchev–Trinajstić information content (AvgIpc) is 2.52. The fourth-order valence-corrected chi connectivity index (χ4v) is 2.04. The van der Waals surface area contributed by atoms with Crippen molar-refractivity contribution in [1.82, 2.24) is 5.06 Å². The highest BCUT2D eigenvalue weighted by Gasteiger charge is 2.44. The summed E-state index contributed by atoms with van der Waals surface area (Å²) in [6, 6.07) is 5.15. The van der Waals surface area contributed by atoms with Crippen LogP contribution in [0.15, 0.2) is 24.3 Å². The van der Waals surface area contributed by atoms with Crippen LogP contribution in [0.5, 0.6) is 0 Å². The second-order valence-corrected chi connectivity index (χ2v) is 4.59. The Morgan fingerprint density at radius 1 is 1.00 bits per heavy atom. The minimum atomic E-state index is -5.65. The van der Waals surface area contributed by atoms with Crippen LogP contribution in [0.25, 0.3) is 0 Å². The molecule has 0 radical (unpaired) electrons. The normalized spacial score (nSPS) is 15.7. The van der Waals surface area contributed by atoms with Crippen molar-refractivity contribution in [2.75, 3.05) is 0 Å². The lowest BCUT2D eigenvalue weighted by Gasteiger charge is -2.13. The number of nitrogens with zero attached hydrogens (tertiary/aromatic N) is 1. The molecule has 0 bridgehead atoms. The molecule has 20 heavy (non-hydrogen) atoms. The van der Waals surface area contributed by atoms with Gasteiger partial charge in [-0.15, -0.1) is 26.7 Å². The van der Waals surface area contributed by atoms with Gasteiger partial charge < -0.3 is 0 Å². The molecule has 0 fully saturated rings. The van der Waals surface area contributed by atoms with Crippen LogP contribution in [0.3, 0.4) is 0 Å². The smallest absolute Gasteiger partial charge is 0.266 e. The molecule has 2 amide bonds. The van der Waals surface area contributed by atoms with Crippen molar-refractivity contribution < 1.29 is 39.6 Å². The van der Waals surface area contributed by atoms with E-state index in [9.17, 15) is 31.2 Å². The van der Waals surface area contributed by atoms with Crippen molar-refractivity contribution in [2.45, 2.75) is 6.36 Å². The molecule has 7 nitrogen and oxygen atoms in total. The number of carbonyl (C=O) groups excluding carboxylic acids is 2. The molecule has 0 unspecified atom stereocenters. The van der Waals surface area contributed by atoms with Gasteiger partial charge in [0, 0.05) is 0 Å². The molecule has 0 atom stereocenters. The van der Waals surface area contributed by atoms with Gasteiger partial charge in [-0.05, 0) is 12.1 Å². The van der Waals surface area contributed by atoms with Crippen LogP contribution in [0.4, 0.5) is 13.2 Å². The van der Waals surface area contributed by atoms with E-state index < -0.39 is 28.6 Å². The molecule has 108 valence electrons. The van der Waals surface area contributed by atoms with Crippen molar-refractivity contribution >= 4 is 22.2 Å². The van der Waals surface area contributed by atoms with Gasteiger partial charge in [0.25, 0.3) is 11.8 Å². The molecule has 1 heterocycles. The number of benzene rings is 1. The summed E-state index contributed by atoms with van der Waals surface area (Å²) >= 11 is 0. The SMILES string of the molecule is O=C1c2ccccc2C(=O)N1OS(=O)(=O)OC(F)(F)F. The summed E-state index contributed by atoms with van der Waals surface area (Å²) in [5.74, 6) is -2.42. The van der Waals surface area contributed by atoms with Crippen molar-refractivity contribution in [1.29, 1.82) is 0 Å². The van der Waals surface area contributed by atoms with Crippen molar-refractivity contribution in [3.63, 3.8) is 0 Å². The first-order valence-corrected chi connectivity index (χ1v) is 6.14. The number of hydrogen-bond acceptors (Lipinski definition) is 6. The number of imide groups is 1. The first kappa shape index (κ1) is 14.4. The zero-order chi connectivity index (χ0) is 15.1. The van der Waals surface area contributed by atoms with Gasteiger partial charge in [-0.3, -0.25) is 9.59 Å². The van der Waals surface area contributed by atoms with E-state index in [1.54, 1.807) is 0 Å². The van der Waals surface area contributed by atoms with Crippen molar-refractivity contribution in [2.24, 2.45) is 0 Å². The molecule has 0 spiro atoms. The maximum absolute atomic E-state index is 11.8. The maximum Gasteiger partial charge on any atom is 0.538 e. The molecule has 1 aliphatic heterocycles. The molecule has 1 aromatic rings. The van der Waals surface area contributed by atoms with E-state index in [-0.39, 0.29) is 16.2 Å². The molecule has 0 N–H and O–H groups in total. The van der Waals surface area contributed by atoms with E-state index in [4.69, 9.17) is 0 Å². The third kappa shape index (κ3) is 2.79. The predicted molar refractivity (Wildman–Crippen MR) is 54.1 cm³/mol. The average molecular weight is 311 g/mol. The summed E-state index contributed by atoms with van der Waals surface area (Å²) in [7, 11) is -5.65. The second kappa shape index (κ2) is 4.54. The molecule has 1 aliphatic rings. The summed E-state index contributed by atoms with van der Waals surface area (Å²) in [6.45, 7) is 0. The first-order valence-electron chi connectivity index (χ1n) is 4.80. The largest absolute Gasteiger partial charge is 0.538 e. The van der Waals surface area contributed by atoms with Gasteiger partial charge in [-0.2, -0.15) is 8.42 Å². The lowest BCUT2D eigenvalue weighted by molar-refractivity contribution is -0.277. The molecule has 1 aromatic carbocycles. The van der Waals surface area contributed by atoms with Gasteiger partial charge in [0.15, 0.2) is 0 Å². The molecule has 0 aromatic heterocycles. The lowest BCUT2D eigenvalue weighted by Crippen LogP contribution is -2.35. The van der Waals surface area contributed by atoms with Gasteiger partial charge in [0.1, 0.15) is 0 Å². The first-order chi connectivity index (χ1) is 9.11. The number of carbonyl (C=O) groups is 2. The number of amides is 2. The Balaban J connectivity index is 2.25. The number of hydrogen-bond donors (Lipinski definition) is 0. The van der Waals surface area contributed by atoms with E-state index in [1.165, 1.54) is 24.3 Å². The summed E-state index contributed by atoms with van der Waals surface area (Å²) in [5.41, 5.74) is -0.389. The van der Waals surface area contributed by atoms with Crippen molar-refractivity contribution in [3.05, 3.63) is 35.4 Å². The van der Waals surface area contributed by atoms with Crippen molar-refractivity contribution in [3.8, 4) is 0 Å². The van der Waals surface area contributed by atoms with Gasteiger partial charge >= 0.3 is 16.8 Å². The lowest BCUT2D eigenvalue weighted by atomic mass is 10.1. The Morgan fingerprint density at radius 3 is 1.85 bits per heavy atom. The number of alkyl halides is 3. The minimum Gasteiger partial charge on any atom is -0.266 e. The number of halogens is 3. The Bertz CT molecular complexity index is 648. The molecule has 0 saturated heterocycles. The van der Waals surface area contributed by atoms with Gasteiger partial charge in [0.05, 0.1) is 11.1 Å². The predicted octanol–water partition coefficient (Wildman–Crippen LogP) is 0.995. The third-order valence-corrected chi connectivity index (χ3v) is 2.84. The van der Waals surface area contributed by atoms with Gasteiger partial charge in [-0.1, -0.05) is 12.1 Å². The highest BCUT2D eigenvalue weighted by molar-refractivity contribution is 7.81. The van der Waals surface area contributed by atoms with Gasteiger partial charge in [-0.25, -0.2) is 0 Å². The van der Waals surface area contributed by atoms with E-state index in [2.05, 4.69) is 8.47 Å². The van der Waals surface area contributed by atoms with Crippen LogP contribution in [0.1, 0.15) is 20.7 Å². The van der Waals surface area contributed by atoms with Crippen LogP contribution in [-0.4, -0.2) is 31.7 Å². The van der Waals surface area contributed by atoms with E-state index in [0.717, 1.165) is 0 Å². The monoisotopic (exact) mass is 311 g/mol. The van der Waals surface area contributed by atoms with Crippen LogP contribution in [0, 0.1) is 0 Å². The quantitative estimate of drug-likeness (QED) is 0.773. The van der Waals surface area contributed by atoms with Gasteiger partial charge in [0.2, 0.25) is 0 Å². The van der Waals surface area contributed by atoms with Crippen LogP contribution < -0.4 is 0 Å². The molecule has 0 aliphatic carbocycles. The Kier molecular flexibility index (Phi) is 3.28. The van der Waals surface area contributed by atoms with Crippen LogP contribution >= 0.6 is 0 Å². The molecule has 11 heteroatoms. The Labute approximate surface area is 109 Å². The molecule has 0 saturated carbocycles. The molecular formula is C9H4F3NO6S. The standard InChI is InChI=1S/C9H4F3NO6S/c10-9(11,12)18-20(16,17)19-13-7(14)5-3-1-2-4-6(5)8(13)15/h1-4H. The zero-order valence-corrected chi connectivity index (χ0v) is 10.1. The highest BCUT2D eigenvalue weighted by Crippen LogP contribution is 2.26. The highest BCUT2D eigenvalue weighted by atomic mass is 32.3. The Morgan fingerprint density at radius 2 is 1.45 bits per heavy atom. The van der Waals surface area contributed by atoms with Crippen LogP contribution in [0.2, 0.25) is 0 Å². The number of fused-ring (bicyclic) bond motifs is 1. The summed E-state index contributed by atoms with van der Waals surface area (Å²) in [4.78, 5) is 23.3. The Hall–Kier alpha value is -1.98. The maximum atomic E-state index is 11.8. The molecule has 2 rings (SSSR count). The number of rotatable bonds is 3. The third-order valence-electron chi connectivity index (χ3n) is 2.12. The summed E-state index contributed by atoms with van der Waals surface area (Å²) in [5, 5.41) is -0.314. The molecular weight excluding hydrogens is 307 g/mol. The fourth-order valence-electron chi connectivity index (χ4n) is 1.46. The van der Waals surface area contributed by atoms with Crippen LogP contribution in [-0.2, 0) is 18.9 Å². The van der Waals surface area contributed by atoms with E-state index >= 15 is 0 Å². The fraction of sp³-hybridized carbons (Fsp3) is 0.111. The van der Waals surface area contributed by atoms with E-state index in [1.807, 2.05) is 0 Å². The number of hydroxylamine groups is 2. The summed E-state index contributed by atoms with van der Waals surface area (Å²) in [6.07, 6.45) is -5.54. The second-order valence-electron chi connectivity index (χ2n) is 3.46. The minimum absolute atomic E-state index is 0.195. The van der Waals surface area contributed by atoms with E-state index in [0.29, 0.717) is 0 Å².